The molecule has 2 rings (SSSR count). The number of rotatable bonds is 6. The van der Waals surface area contributed by atoms with Crippen LogP contribution >= 0.6 is 11.8 Å². The van der Waals surface area contributed by atoms with Crippen molar-refractivity contribution in [3.8, 4) is 0 Å². The zero-order valence-corrected chi connectivity index (χ0v) is 13.7. The zero-order chi connectivity index (χ0) is 15.1. The number of anilines is 1. The molecule has 0 saturated carbocycles. The van der Waals surface area contributed by atoms with Gasteiger partial charge < -0.3 is 10.1 Å². The van der Waals surface area contributed by atoms with Crippen molar-refractivity contribution in [1.29, 1.82) is 0 Å². The maximum Gasteiger partial charge on any atom is 0.234 e. The maximum absolute atomic E-state index is 12.0. The number of para-hydroxylation sites is 1. The molecule has 5 heteroatoms. The highest BCUT2D eigenvalue weighted by molar-refractivity contribution is 7.99. The van der Waals surface area contributed by atoms with Crippen LogP contribution in [0.25, 0.3) is 0 Å². The zero-order valence-electron chi connectivity index (χ0n) is 12.9. The number of carbonyl (C=O) groups excluding carboxylic acids is 1. The molecule has 0 atom stereocenters. The first-order chi connectivity index (χ1) is 10.2. The minimum Gasteiger partial charge on any atom is -0.379 e. The second kappa shape index (κ2) is 8.41. The van der Waals surface area contributed by atoms with Crippen molar-refractivity contribution in [2.24, 2.45) is 0 Å². The highest BCUT2D eigenvalue weighted by Gasteiger charge is 2.11. The lowest BCUT2D eigenvalue weighted by molar-refractivity contribution is -0.113. The van der Waals surface area contributed by atoms with Crippen LogP contribution < -0.4 is 5.32 Å². The fraction of sp³-hybridized carbons (Fsp3) is 0.562. The molecule has 1 aliphatic rings. The van der Waals surface area contributed by atoms with Gasteiger partial charge in [-0.15, -0.1) is 0 Å². The van der Waals surface area contributed by atoms with Crippen molar-refractivity contribution in [3.63, 3.8) is 0 Å². The molecule has 0 unspecified atom stereocenters. The van der Waals surface area contributed by atoms with Crippen molar-refractivity contribution in [2.75, 3.05) is 49.7 Å². The monoisotopic (exact) mass is 308 g/mol. The molecule has 1 amide bonds. The van der Waals surface area contributed by atoms with E-state index in [0.717, 1.165) is 55.4 Å². The fourth-order valence-corrected chi connectivity index (χ4v) is 3.16. The highest BCUT2D eigenvalue weighted by atomic mass is 32.2. The van der Waals surface area contributed by atoms with Gasteiger partial charge in [-0.05, 0) is 25.0 Å². The van der Waals surface area contributed by atoms with Crippen LogP contribution in [-0.4, -0.2) is 55.2 Å². The number of ether oxygens (including phenoxy) is 1. The van der Waals surface area contributed by atoms with Crippen molar-refractivity contribution in [2.45, 2.75) is 13.8 Å². The van der Waals surface area contributed by atoms with E-state index in [9.17, 15) is 4.79 Å². The van der Waals surface area contributed by atoms with Gasteiger partial charge in [-0.2, -0.15) is 11.8 Å². The lowest BCUT2D eigenvalue weighted by Gasteiger charge is -2.26. The van der Waals surface area contributed by atoms with Crippen molar-refractivity contribution in [1.82, 2.24) is 4.90 Å². The summed E-state index contributed by atoms with van der Waals surface area (Å²) in [5.74, 6) is 1.58. The molecular weight excluding hydrogens is 284 g/mol. The molecule has 1 heterocycles. The smallest absolute Gasteiger partial charge is 0.234 e. The number of carbonyl (C=O) groups is 1. The number of morpholine rings is 1. The summed E-state index contributed by atoms with van der Waals surface area (Å²) in [4.78, 5) is 14.4. The summed E-state index contributed by atoms with van der Waals surface area (Å²) in [5, 5.41) is 3.02. The molecule has 0 aliphatic carbocycles. The predicted molar refractivity (Wildman–Crippen MR) is 89.1 cm³/mol. The van der Waals surface area contributed by atoms with Crippen LogP contribution in [0.1, 0.15) is 11.1 Å². The molecule has 4 nitrogen and oxygen atoms in total. The number of hydrogen-bond acceptors (Lipinski definition) is 4. The van der Waals surface area contributed by atoms with Crippen LogP contribution in [0.4, 0.5) is 5.69 Å². The van der Waals surface area contributed by atoms with Gasteiger partial charge >= 0.3 is 0 Å². The average molecular weight is 308 g/mol. The lowest BCUT2D eigenvalue weighted by Crippen LogP contribution is -2.37. The molecule has 1 aromatic carbocycles. The molecule has 1 aliphatic heterocycles. The Morgan fingerprint density at radius 1 is 1.29 bits per heavy atom. The summed E-state index contributed by atoms with van der Waals surface area (Å²) in [5.41, 5.74) is 3.18. The Hall–Kier alpha value is -1.04. The quantitative estimate of drug-likeness (QED) is 0.819. The number of amides is 1. The summed E-state index contributed by atoms with van der Waals surface area (Å²) in [6, 6.07) is 6.06. The van der Waals surface area contributed by atoms with E-state index >= 15 is 0 Å². The average Bonchev–Trinajstić information content (AvgIpc) is 2.49. The number of aryl methyl sites for hydroxylation is 2. The van der Waals surface area contributed by atoms with Gasteiger partial charge in [0.25, 0.3) is 0 Å². The number of benzene rings is 1. The van der Waals surface area contributed by atoms with E-state index in [-0.39, 0.29) is 5.91 Å². The topological polar surface area (TPSA) is 41.6 Å². The molecule has 0 aromatic heterocycles. The van der Waals surface area contributed by atoms with Crippen LogP contribution in [0.5, 0.6) is 0 Å². The first-order valence-corrected chi connectivity index (χ1v) is 8.56. The summed E-state index contributed by atoms with van der Waals surface area (Å²) in [6.07, 6.45) is 0. The van der Waals surface area contributed by atoms with Crippen molar-refractivity contribution < 1.29 is 9.53 Å². The maximum atomic E-state index is 12.0. The summed E-state index contributed by atoms with van der Waals surface area (Å²) in [7, 11) is 0. The van der Waals surface area contributed by atoms with Gasteiger partial charge in [0.2, 0.25) is 5.91 Å². The van der Waals surface area contributed by atoms with E-state index in [2.05, 4.69) is 10.2 Å². The molecule has 0 bridgehead atoms. The Bertz CT molecular complexity index is 453. The standard InChI is InChI=1S/C16H24N2O2S/c1-13-4-3-5-14(2)16(13)17-15(19)12-21-11-8-18-6-9-20-10-7-18/h3-5H,6-12H2,1-2H3,(H,17,19). The number of nitrogens with zero attached hydrogens (tertiary/aromatic N) is 1. The molecule has 21 heavy (non-hydrogen) atoms. The van der Waals surface area contributed by atoms with E-state index in [0.29, 0.717) is 5.75 Å². The molecule has 116 valence electrons. The van der Waals surface area contributed by atoms with Gasteiger partial charge in [-0.3, -0.25) is 9.69 Å². The van der Waals surface area contributed by atoms with Crippen molar-refractivity contribution in [3.05, 3.63) is 29.3 Å². The minimum atomic E-state index is 0.0828. The van der Waals surface area contributed by atoms with E-state index in [1.165, 1.54) is 0 Å². The van der Waals surface area contributed by atoms with Gasteiger partial charge in [-0.1, -0.05) is 18.2 Å². The largest absolute Gasteiger partial charge is 0.379 e. The summed E-state index contributed by atoms with van der Waals surface area (Å²) >= 11 is 1.69. The third-order valence-electron chi connectivity index (χ3n) is 3.63. The van der Waals surface area contributed by atoms with E-state index < -0.39 is 0 Å². The van der Waals surface area contributed by atoms with E-state index in [1.54, 1.807) is 11.8 Å². The molecular formula is C16H24N2O2S. The Labute approximate surface area is 131 Å². The molecule has 1 N–H and O–H groups in total. The molecule has 0 spiro atoms. The third kappa shape index (κ3) is 5.34. The second-order valence-electron chi connectivity index (χ2n) is 5.32. The Kier molecular flexibility index (Phi) is 6.54. The van der Waals surface area contributed by atoms with Gasteiger partial charge in [0, 0.05) is 31.1 Å². The van der Waals surface area contributed by atoms with Gasteiger partial charge in [0.05, 0.1) is 19.0 Å². The van der Waals surface area contributed by atoms with E-state index in [4.69, 9.17) is 4.74 Å². The SMILES string of the molecule is Cc1cccc(C)c1NC(=O)CSCCN1CCOCC1. The fourth-order valence-electron chi connectivity index (χ4n) is 2.37. The molecule has 1 fully saturated rings. The van der Waals surface area contributed by atoms with Gasteiger partial charge in [0.15, 0.2) is 0 Å². The van der Waals surface area contributed by atoms with Gasteiger partial charge in [-0.25, -0.2) is 0 Å². The normalized spacial score (nSPS) is 15.9. The first kappa shape index (κ1) is 16.3. The Balaban J connectivity index is 1.67. The predicted octanol–water partition coefficient (Wildman–Crippen LogP) is 2.31. The number of hydrogen-bond donors (Lipinski definition) is 1. The molecule has 1 aromatic rings. The Morgan fingerprint density at radius 2 is 1.95 bits per heavy atom. The number of nitrogens with one attached hydrogen (secondary N) is 1. The highest BCUT2D eigenvalue weighted by Crippen LogP contribution is 2.19. The van der Waals surface area contributed by atoms with Crippen LogP contribution in [-0.2, 0) is 9.53 Å². The first-order valence-electron chi connectivity index (χ1n) is 7.41. The summed E-state index contributed by atoms with van der Waals surface area (Å²) < 4.78 is 5.32. The van der Waals surface area contributed by atoms with Gasteiger partial charge in [0.1, 0.15) is 0 Å². The number of thioether (sulfide) groups is 1. The van der Waals surface area contributed by atoms with E-state index in [1.807, 2.05) is 32.0 Å². The van der Waals surface area contributed by atoms with Crippen LogP contribution in [0.3, 0.4) is 0 Å². The van der Waals surface area contributed by atoms with Crippen LogP contribution in [0.2, 0.25) is 0 Å². The third-order valence-corrected chi connectivity index (χ3v) is 4.57. The molecule has 0 radical (unpaired) electrons. The second-order valence-corrected chi connectivity index (χ2v) is 6.43. The van der Waals surface area contributed by atoms with Crippen LogP contribution in [0, 0.1) is 13.8 Å². The Morgan fingerprint density at radius 3 is 2.62 bits per heavy atom. The minimum absolute atomic E-state index is 0.0828. The van der Waals surface area contributed by atoms with Crippen LogP contribution in [0.15, 0.2) is 18.2 Å². The van der Waals surface area contributed by atoms with Crippen molar-refractivity contribution >= 4 is 23.4 Å². The molecule has 1 saturated heterocycles. The summed E-state index contributed by atoms with van der Waals surface area (Å²) in [6.45, 7) is 8.76. The lowest BCUT2D eigenvalue weighted by atomic mass is 10.1.